The summed E-state index contributed by atoms with van der Waals surface area (Å²) in [5, 5.41) is 5.32. The smallest absolute Gasteiger partial charge is 0.264 e. The third-order valence-electron chi connectivity index (χ3n) is 6.08. The summed E-state index contributed by atoms with van der Waals surface area (Å²) in [4.78, 5) is 13.1. The number of aryl methyl sites for hydroxylation is 1. The first-order valence-electron chi connectivity index (χ1n) is 11.8. The van der Waals surface area contributed by atoms with Crippen LogP contribution in [0.5, 0.6) is 11.5 Å². The summed E-state index contributed by atoms with van der Waals surface area (Å²) in [7, 11) is -3.96. The van der Waals surface area contributed by atoms with Crippen LogP contribution >= 0.6 is 11.6 Å². The lowest BCUT2D eigenvalue weighted by Crippen LogP contribution is -2.51. The van der Waals surface area contributed by atoms with E-state index in [1.54, 1.807) is 36.4 Å². The molecule has 4 aromatic carbocycles. The van der Waals surface area contributed by atoms with Crippen molar-refractivity contribution in [1.82, 2.24) is 5.32 Å². The highest BCUT2D eigenvalue weighted by Crippen LogP contribution is 2.38. The van der Waals surface area contributed by atoms with E-state index < -0.39 is 22.0 Å². The van der Waals surface area contributed by atoms with Gasteiger partial charge in [-0.2, -0.15) is 0 Å². The Balaban J connectivity index is 1.28. The molecule has 0 saturated carbocycles. The summed E-state index contributed by atoms with van der Waals surface area (Å²) in [6.07, 6.45) is -1.05. The molecule has 0 radical (unpaired) electrons. The van der Waals surface area contributed by atoms with Gasteiger partial charge in [0.25, 0.3) is 15.9 Å². The largest absolute Gasteiger partial charge is 0.492 e. The van der Waals surface area contributed by atoms with Gasteiger partial charge in [-0.15, -0.1) is 0 Å². The van der Waals surface area contributed by atoms with Crippen molar-refractivity contribution in [2.45, 2.75) is 17.9 Å². The van der Waals surface area contributed by atoms with Gasteiger partial charge in [-0.05, 0) is 60.2 Å². The highest BCUT2D eigenvalue weighted by atomic mass is 35.5. The van der Waals surface area contributed by atoms with Gasteiger partial charge in [-0.3, -0.25) is 9.10 Å². The van der Waals surface area contributed by atoms with Crippen LogP contribution in [0, 0.1) is 6.92 Å². The molecule has 190 valence electrons. The lowest BCUT2D eigenvalue weighted by Gasteiger charge is -2.34. The predicted molar refractivity (Wildman–Crippen MR) is 144 cm³/mol. The number of benzene rings is 4. The molecule has 1 N–H and O–H groups in total. The first kappa shape index (κ1) is 24.9. The van der Waals surface area contributed by atoms with Gasteiger partial charge in [0.2, 0.25) is 0 Å². The molecule has 0 unspecified atom stereocenters. The Kier molecular flexibility index (Phi) is 6.95. The molecule has 1 atom stereocenters. The van der Waals surface area contributed by atoms with Crippen LogP contribution in [0.1, 0.15) is 5.56 Å². The summed E-state index contributed by atoms with van der Waals surface area (Å²) in [5.74, 6) is 0.522. The average Bonchev–Trinajstić information content (AvgIpc) is 2.90. The second-order valence-electron chi connectivity index (χ2n) is 8.72. The van der Waals surface area contributed by atoms with E-state index in [0.717, 1.165) is 16.3 Å². The molecule has 7 nitrogen and oxygen atoms in total. The number of sulfonamides is 1. The van der Waals surface area contributed by atoms with Crippen LogP contribution in [0.15, 0.2) is 89.8 Å². The fourth-order valence-corrected chi connectivity index (χ4v) is 5.77. The maximum atomic E-state index is 13.5. The van der Waals surface area contributed by atoms with Crippen molar-refractivity contribution in [3.63, 3.8) is 0 Å². The molecule has 0 aliphatic carbocycles. The summed E-state index contributed by atoms with van der Waals surface area (Å²) in [5.41, 5.74) is 1.23. The summed E-state index contributed by atoms with van der Waals surface area (Å²) < 4.78 is 39.9. The van der Waals surface area contributed by atoms with Gasteiger partial charge < -0.3 is 14.8 Å². The van der Waals surface area contributed by atoms with Crippen molar-refractivity contribution in [2.24, 2.45) is 0 Å². The normalized spacial score (nSPS) is 15.1. The molecule has 37 heavy (non-hydrogen) atoms. The number of halogens is 1. The first-order chi connectivity index (χ1) is 17.8. The van der Waals surface area contributed by atoms with Crippen LogP contribution in [0.2, 0.25) is 5.02 Å². The number of fused-ring (bicyclic) bond motifs is 2. The maximum Gasteiger partial charge on any atom is 0.264 e. The van der Waals surface area contributed by atoms with Gasteiger partial charge in [0, 0.05) is 5.02 Å². The molecule has 0 saturated heterocycles. The molecule has 1 aliphatic heterocycles. The Morgan fingerprint density at radius 2 is 1.78 bits per heavy atom. The number of hydrogen-bond donors (Lipinski definition) is 1. The fraction of sp³-hybridized carbons (Fsp3) is 0.179. The molecule has 5 rings (SSSR count). The Hall–Kier alpha value is -3.75. The molecule has 1 aliphatic rings. The second-order valence-corrected chi connectivity index (χ2v) is 11.0. The molecular formula is C28H25ClN2O5S. The lowest BCUT2D eigenvalue weighted by molar-refractivity contribution is -0.127. The van der Waals surface area contributed by atoms with Crippen molar-refractivity contribution < 1.29 is 22.7 Å². The van der Waals surface area contributed by atoms with E-state index in [-0.39, 0.29) is 36.0 Å². The van der Waals surface area contributed by atoms with Crippen molar-refractivity contribution in [3.8, 4) is 11.5 Å². The minimum absolute atomic E-state index is 0.119. The zero-order valence-electron chi connectivity index (χ0n) is 20.1. The van der Waals surface area contributed by atoms with Crippen molar-refractivity contribution >= 4 is 44.0 Å². The monoisotopic (exact) mass is 536 g/mol. The summed E-state index contributed by atoms with van der Waals surface area (Å²) >= 11 is 6.15. The predicted octanol–water partition coefficient (Wildman–Crippen LogP) is 4.95. The highest BCUT2D eigenvalue weighted by molar-refractivity contribution is 7.92. The second kappa shape index (κ2) is 10.3. The van der Waals surface area contributed by atoms with Crippen LogP contribution in [-0.2, 0) is 14.8 Å². The Morgan fingerprint density at radius 1 is 1.03 bits per heavy atom. The van der Waals surface area contributed by atoms with Gasteiger partial charge in [0.15, 0.2) is 6.10 Å². The molecular weight excluding hydrogens is 512 g/mol. The zero-order chi connectivity index (χ0) is 26.0. The van der Waals surface area contributed by atoms with E-state index in [0.29, 0.717) is 10.8 Å². The van der Waals surface area contributed by atoms with Crippen LogP contribution in [0.4, 0.5) is 5.69 Å². The zero-order valence-corrected chi connectivity index (χ0v) is 21.6. The highest BCUT2D eigenvalue weighted by Gasteiger charge is 2.37. The van der Waals surface area contributed by atoms with Crippen LogP contribution in [0.25, 0.3) is 10.8 Å². The number of carbonyl (C=O) groups excluding carboxylic acids is 1. The van der Waals surface area contributed by atoms with Crippen LogP contribution < -0.4 is 19.1 Å². The SMILES string of the molecule is Cc1ccc(S(=O)(=O)N2C[C@H](C(=O)NCCOc3ccc4ccccc4c3)Oc3ccc(Cl)cc32)cc1. The third-order valence-corrected chi connectivity index (χ3v) is 8.11. The maximum absolute atomic E-state index is 13.5. The molecule has 1 heterocycles. The molecule has 1 amide bonds. The third kappa shape index (κ3) is 5.35. The quantitative estimate of drug-likeness (QED) is 0.338. The van der Waals surface area contributed by atoms with E-state index in [4.69, 9.17) is 21.1 Å². The topological polar surface area (TPSA) is 84.9 Å². The van der Waals surface area contributed by atoms with Gasteiger partial charge in [0.1, 0.15) is 18.1 Å². The molecule has 9 heteroatoms. The van der Waals surface area contributed by atoms with Gasteiger partial charge in [0.05, 0.1) is 23.7 Å². The van der Waals surface area contributed by atoms with Crippen LogP contribution in [-0.4, -0.2) is 40.1 Å². The summed E-state index contributed by atoms with van der Waals surface area (Å²) in [6.45, 7) is 2.16. The molecule has 0 spiro atoms. The first-order valence-corrected chi connectivity index (χ1v) is 13.6. The van der Waals surface area contributed by atoms with Gasteiger partial charge in [-0.25, -0.2) is 8.42 Å². The number of nitrogens with one attached hydrogen (secondary N) is 1. The minimum atomic E-state index is -3.96. The van der Waals surface area contributed by atoms with Crippen LogP contribution in [0.3, 0.4) is 0 Å². The summed E-state index contributed by atoms with van der Waals surface area (Å²) in [6, 6.07) is 25.0. The van der Waals surface area contributed by atoms with E-state index in [1.807, 2.05) is 49.4 Å². The number of anilines is 1. The molecule has 0 bridgehead atoms. The Bertz CT molecular complexity index is 1560. The van der Waals surface area contributed by atoms with E-state index in [1.165, 1.54) is 10.4 Å². The van der Waals surface area contributed by atoms with E-state index in [2.05, 4.69) is 5.32 Å². The number of ether oxygens (including phenoxy) is 2. The minimum Gasteiger partial charge on any atom is -0.492 e. The number of nitrogens with zero attached hydrogens (tertiary/aromatic N) is 1. The Labute approximate surface area is 220 Å². The average molecular weight is 537 g/mol. The lowest BCUT2D eigenvalue weighted by atomic mass is 10.1. The van der Waals surface area contributed by atoms with Crippen molar-refractivity contribution in [3.05, 3.63) is 95.5 Å². The number of amides is 1. The fourth-order valence-electron chi connectivity index (χ4n) is 4.14. The number of hydrogen-bond acceptors (Lipinski definition) is 5. The van der Waals surface area contributed by atoms with E-state index in [9.17, 15) is 13.2 Å². The van der Waals surface area contributed by atoms with Crippen molar-refractivity contribution in [1.29, 1.82) is 0 Å². The standard InChI is InChI=1S/C28H25ClN2O5S/c1-19-6-11-24(12-7-19)37(33,34)31-18-27(36-26-13-9-22(29)17-25(26)31)28(32)30-14-15-35-23-10-8-20-4-2-3-5-21(20)16-23/h2-13,16-17,27H,14-15,18H2,1H3,(H,30,32)/t27-/m1/s1. The molecule has 0 aromatic heterocycles. The molecule has 0 fully saturated rings. The van der Waals surface area contributed by atoms with Crippen molar-refractivity contribution in [2.75, 3.05) is 24.0 Å². The van der Waals surface area contributed by atoms with Gasteiger partial charge in [-0.1, -0.05) is 59.6 Å². The molecule has 4 aromatic rings. The number of carbonyl (C=O) groups is 1. The van der Waals surface area contributed by atoms with E-state index >= 15 is 0 Å². The number of rotatable bonds is 7. The van der Waals surface area contributed by atoms with Gasteiger partial charge >= 0.3 is 0 Å². The Morgan fingerprint density at radius 3 is 2.57 bits per heavy atom.